The summed E-state index contributed by atoms with van der Waals surface area (Å²) in [6.45, 7) is 1.84. The molecule has 0 aliphatic rings. The first-order valence-electron chi connectivity index (χ1n) is 4.78. The van der Waals surface area contributed by atoms with Crippen molar-refractivity contribution in [2.24, 2.45) is 0 Å². The molecule has 0 unspecified atom stereocenters. The number of aryl methyl sites for hydroxylation is 1. The van der Waals surface area contributed by atoms with E-state index in [4.69, 9.17) is 11.6 Å². The fourth-order valence-corrected chi connectivity index (χ4v) is 1.99. The summed E-state index contributed by atoms with van der Waals surface area (Å²) in [5.74, 6) is -0.458. The molecule has 0 atom stereocenters. The Kier molecular flexibility index (Phi) is 2.79. The van der Waals surface area contributed by atoms with Gasteiger partial charge in [0.1, 0.15) is 10.7 Å². The van der Waals surface area contributed by atoms with Crippen molar-refractivity contribution in [3.05, 3.63) is 40.5 Å². The molecule has 0 saturated carbocycles. The van der Waals surface area contributed by atoms with Gasteiger partial charge in [-0.2, -0.15) is 0 Å². The maximum Gasteiger partial charge on any atom is 0.341 e. The summed E-state index contributed by atoms with van der Waals surface area (Å²) in [5, 5.41) is 1.09. The third-order valence-electron chi connectivity index (χ3n) is 2.50. The molecule has 82 valence electrons. The molecule has 0 bridgehead atoms. The summed E-state index contributed by atoms with van der Waals surface area (Å²) in [6, 6.07) is 7.53. The van der Waals surface area contributed by atoms with Gasteiger partial charge in [0.05, 0.1) is 12.6 Å². The minimum absolute atomic E-state index is 0.183. The molecule has 0 saturated heterocycles. The first kappa shape index (κ1) is 10.9. The average molecular weight is 236 g/mol. The maximum absolute atomic E-state index is 11.6. The number of halogens is 1. The second-order valence-corrected chi connectivity index (χ2v) is 3.77. The number of esters is 1. The Morgan fingerprint density at radius 2 is 2.06 bits per heavy atom. The number of hydrogen-bond donors (Lipinski definition) is 0. The van der Waals surface area contributed by atoms with Crippen LogP contribution in [0.25, 0.3) is 10.9 Å². The normalized spacial score (nSPS) is 10.4. The number of methoxy groups -OCH3 is 1. The molecular formula is C12H10ClNO2. The van der Waals surface area contributed by atoms with Gasteiger partial charge in [0, 0.05) is 5.39 Å². The zero-order valence-corrected chi connectivity index (χ0v) is 9.71. The molecule has 2 rings (SSSR count). The SMILES string of the molecule is COC(=O)c1c(Cl)nc2ccccc2c1C. The number of benzene rings is 1. The summed E-state index contributed by atoms with van der Waals surface area (Å²) in [5.41, 5.74) is 1.91. The van der Waals surface area contributed by atoms with Crippen molar-refractivity contribution in [2.75, 3.05) is 7.11 Å². The number of hydrogen-bond acceptors (Lipinski definition) is 3. The summed E-state index contributed by atoms with van der Waals surface area (Å²) in [6.07, 6.45) is 0. The first-order valence-corrected chi connectivity index (χ1v) is 5.16. The highest BCUT2D eigenvalue weighted by molar-refractivity contribution is 6.33. The highest BCUT2D eigenvalue weighted by Crippen LogP contribution is 2.26. The fraction of sp³-hybridized carbons (Fsp3) is 0.167. The van der Waals surface area contributed by atoms with E-state index in [0.29, 0.717) is 5.56 Å². The van der Waals surface area contributed by atoms with Crippen molar-refractivity contribution in [3.63, 3.8) is 0 Å². The van der Waals surface area contributed by atoms with E-state index in [1.165, 1.54) is 7.11 Å². The number of para-hydroxylation sites is 1. The van der Waals surface area contributed by atoms with Gasteiger partial charge >= 0.3 is 5.97 Å². The van der Waals surface area contributed by atoms with Crippen LogP contribution in [0.1, 0.15) is 15.9 Å². The molecule has 3 nitrogen and oxygen atoms in total. The van der Waals surface area contributed by atoms with E-state index in [1.807, 2.05) is 31.2 Å². The summed E-state index contributed by atoms with van der Waals surface area (Å²) in [4.78, 5) is 15.7. The predicted molar refractivity (Wildman–Crippen MR) is 62.8 cm³/mol. The lowest BCUT2D eigenvalue weighted by molar-refractivity contribution is 0.0600. The number of carbonyl (C=O) groups is 1. The second kappa shape index (κ2) is 4.10. The minimum atomic E-state index is -0.458. The second-order valence-electron chi connectivity index (χ2n) is 3.41. The third kappa shape index (κ3) is 1.63. The van der Waals surface area contributed by atoms with E-state index in [0.717, 1.165) is 16.5 Å². The van der Waals surface area contributed by atoms with E-state index >= 15 is 0 Å². The smallest absolute Gasteiger partial charge is 0.341 e. The summed E-state index contributed by atoms with van der Waals surface area (Å²) >= 11 is 5.97. The quantitative estimate of drug-likeness (QED) is 0.564. The van der Waals surface area contributed by atoms with Crippen LogP contribution in [-0.4, -0.2) is 18.1 Å². The van der Waals surface area contributed by atoms with Crippen LogP contribution in [0.15, 0.2) is 24.3 Å². The van der Waals surface area contributed by atoms with Gasteiger partial charge < -0.3 is 4.74 Å². The van der Waals surface area contributed by atoms with Crippen LogP contribution in [0.4, 0.5) is 0 Å². The largest absolute Gasteiger partial charge is 0.465 e. The van der Waals surface area contributed by atoms with Gasteiger partial charge in [0.2, 0.25) is 0 Å². The van der Waals surface area contributed by atoms with Gasteiger partial charge in [-0.05, 0) is 18.6 Å². The van der Waals surface area contributed by atoms with Crippen molar-refractivity contribution in [3.8, 4) is 0 Å². The number of ether oxygens (including phenoxy) is 1. The third-order valence-corrected chi connectivity index (χ3v) is 2.77. The van der Waals surface area contributed by atoms with Gasteiger partial charge in [-0.3, -0.25) is 0 Å². The lowest BCUT2D eigenvalue weighted by Crippen LogP contribution is -2.06. The topological polar surface area (TPSA) is 39.2 Å². The number of carbonyl (C=O) groups excluding carboxylic acids is 1. The Labute approximate surface area is 98.0 Å². The minimum Gasteiger partial charge on any atom is -0.465 e. The van der Waals surface area contributed by atoms with Crippen molar-refractivity contribution in [1.29, 1.82) is 0 Å². The van der Waals surface area contributed by atoms with Crippen LogP contribution >= 0.6 is 11.6 Å². The van der Waals surface area contributed by atoms with Crippen molar-refractivity contribution >= 4 is 28.5 Å². The van der Waals surface area contributed by atoms with Gasteiger partial charge in [-0.1, -0.05) is 29.8 Å². The highest BCUT2D eigenvalue weighted by atomic mass is 35.5. The fourth-order valence-electron chi connectivity index (χ4n) is 1.68. The zero-order valence-electron chi connectivity index (χ0n) is 8.95. The average Bonchev–Trinajstić information content (AvgIpc) is 2.28. The molecule has 16 heavy (non-hydrogen) atoms. The van der Waals surface area contributed by atoms with Gasteiger partial charge in [0.25, 0.3) is 0 Å². The number of nitrogens with zero attached hydrogens (tertiary/aromatic N) is 1. The van der Waals surface area contributed by atoms with Crippen LogP contribution in [-0.2, 0) is 4.74 Å². The van der Waals surface area contributed by atoms with E-state index < -0.39 is 5.97 Å². The first-order chi connectivity index (χ1) is 7.65. The van der Waals surface area contributed by atoms with Crippen molar-refractivity contribution in [2.45, 2.75) is 6.92 Å². The zero-order chi connectivity index (χ0) is 11.7. The van der Waals surface area contributed by atoms with Crippen LogP contribution in [0, 0.1) is 6.92 Å². The molecule has 1 heterocycles. The highest BCUT2D eigenvalue weighted by Gasteiger charge is 2.17. The lowest BCUT2D eigenvalue weighted by atomic mass is 10.1. The Hall–Kier alpha value is -1.61. The Morgan fingerprint density at radius 3 is 2.75 bits per heavy atom. The molecular weight excluding hydrogens is 226 g/mol. The molecule has 1 aromatic carbocycles. The molecule has 0 fully saturated rings. The molecule has 0 radical (unpaired) electrons. The van der Waals surface area contributed by atoms with Crippen molar-refractivity contribution in [1.82, 2.24) is 4.98 Å². The summed E-state index contributed by atoms with van der Waals surface area (Å²) < 4.78 is 4.68. The number of pyridine rings is 1. The Balaban J connectivity index is 2.80. The Bertz CT molecular complexity index is 566. The lowest BCUT2D eigenvalue weighted by Gasteiger charge is -2.08. The molecule has 2 aromatic rings. The van der Waals surface area contributed by atoms with Gasteiger partial charge in [0.15, 0.2) is 0 Å². The van der Waals surface area contributed by atoms with Crippen LogP contribution in [0.3, 0.4) is 0 Å². The molecule has 0 aliphatic carbocycles. The van der Waals surface area contributed by atoms with Crippen LogP contribution in [0.2, 0.25) is 5.15 Å². The molecule has 0 aliphatic heterocycles. The molecule has 0 N–H and O–H groups in total. The molecule has 0 spiro atoms. The van der Waals surface area contributed by atoms with E-state index in [1.54, 1.807) is 0 Å². The number of fused-ring (bicyclic) bond motifs is 1. The maximum atomic E-state index is 11.6. The van der Waals surface area contributed by atoms with E-state index in [-0.39, 0.29) is 5.15 Å². The van der Waals surface area contributed by atoms with E-state index in [2.05, 4.69) is 9.72 Å². The number of rotatable bonds is 1. The molecule has 4 heteroatoms. The predicted octanol–water partition coefficient (Wildman–Crippen LogP) is 2.98. The van der Waals surface area contributed by atoms with Gasteiger partial charge in [-0.15, -0.1) is 0 Å². The van der Waals surface area contributed by atoms with Crippen LogP contribution in [0.5, 0.6) is 0 Å². The molecule has 0 amide bonds. The van der Waals surface area contributed by atoms with Crippen molar-refractivity contribution < 1.29 is 9.53 Å². The monoisotopic (exact) mass is 235 g/mol. The standard InChI is InChI=1S/C12H10ClNO2/c1-7-8-5-3-4-6-9(8)14-11(13)10(7)12(15)16-2/h3-6H,1-2H3. The summed E-state index contributed by atoms with van der Waals surface area (Å²) in [7, 11) is 1.33. The Morgan fingerprint density at radius 1 is 1.38 bits per heavy atom. The molecule has 1 aromatic heterocycles. The van der Waals surface area contributed by atoms with Gasteiger partial charge in [-0.25, -0.2) is 9.78 Å². The van der Waals surface area contributed by atoms with E-state index in [9.17, 15) is 4.79 Å². The number of aromatic nitrogens is 1. The van der Waals surface area contributed by atoms with Crippen LogP contribution < -0.4 is 0 Å².